The Bertz CT molecular complexity index is 657. The number of hydrogen-bond donors (Lipinski definition) is 1. The molecular formula is C17H20F2N2O3. The van der Waals surface area contributed by atoms with E-state index in [4.69, 9.17) is 10.5 Å². The molecule has 5 nitrogen and oxygen atoms in total. The minimum Gasteiger partial charge on any atom is -0.489 e. The van der Waals surface area contributed by atoms with Gasteiger partial charge in [0.25, 0.3) is 0 Å². The summed E-state index contributed by atoms with van der Waals surface area (Å²) in [7, 11) is 0. The van der Waals surface area contributed by atoms with Crippen LogP contribution in [0.2, 0.25) is 0 Å². The van der Waals surface area contributed by atoms with Crippen LogP contribution in [0, 0.1) is 5.92 Å². The molecule has 0 saturated carbocycles. The van der Waals surface area contributed by atoms with Crippen LogP contribution in [0.15, 0.2) is 35.0 Å². The maximum absolute atomic E-state index is 12.4. The first-order valence-corrected chi connectivity index (χ1v) is 7.60. The lowest BCUT2D eigenvalue weighted by Crippen LogP contribution is -2.28. The number of aliphatic imine (C=N–C) groups is 1. The summed E-state index contributed by atoms with van der Waals surface area (Å²) >= 11 is 0. The summed E-state index contributed by atoms with van der Waals surface area (Å²) in [5, 5.41) is 0. The van der Waals surface area contributed by atoms with Crippen LogP contribution in [0.5, 0.6) is 5.75 Å². The number of halogens is 2. The third-order valence-electron chi connectivity index (χ3n) is 3.38. The van der Waals surface area contributed by atoms with Gasteiger partial charge >= 0.3 is 6.61 Å². The molecule has 1 heterocycles. The molecule has 2 N–H and O–H groups in total. The second kappa shape index (κ2) is 7.90. The molecule has 1 aromatic rings. The molecule has 0 amide bonds. The highest BCUT2D eigenvalue weighted by molar-refractivity contribution is 6.05. The van der Waals surface area contributed by atoms with E-state index in [1.54, 1.807) is 12.1 Å². The molecule has 1 saturated heterocycles. The summed E-state index contributed by atoms with van der Waals surface area (Å²) in [6.45, 7) is 1.11. The first kappa shape index (κ1) is 17.9. The highest BCUT2D eigenvalue weighted by Gasteiger charge is 2.26. The van der Waals surface area contributed by atoms with Crippen molar-refractivity contribution in [3.8, 4) is 5.75 Å². The molecule has 24 heavy (non-hydrogen) atoms. The van der Waals surface area contributed by atoms with Crippen molar-refractivity contribution >= 4 is 17.7 Å². The minimum absolute atomic E-state index is 0.00491. The van der Waals surface area contributed by atoms with E-state index < -0.39 is 6.61 Å². The molecule has 7 heteroatoms. The number of nitrogens with two attached hydrogens (primary N) is 1. The molecule has 0 aliphatic carbocycles. The van der Waals surface area contributed by atoms with Gasteiger partial charge in [-0.3, -0.25) is 4.99 Å². The monoisotopic (exact) mass is 338 g/mol. The van der Waals surface area contributed by atoms with Crippen LogP contribution in [0.4, 0.5) is 8.78 Å². The Hall–Kier alpha value is -2.44. The van der Waals surface area contributed by atoms with Crippen LogP contribution in [-0.4, -0.2) is 31.3 Å². The number of ether oxygens (including phenoxy) is 2. The Morgan fingerprint density at radius 2 is 2.21 bits per heavy atom. The van der Waals surface area contributed by atoms with Gasteiger partial charge in [-0.1, -0.05) is 12.1 Å². The molecular weight excluding hydrogens is 318 g/mol. The minimum atomic E-state index is -2.91. The molecule has 1 aromatic carbocycles. The first-order valence-electron chi connectivity index (χ1n) is 7.60. The average Bonchev–Trinajstić information content (AvgIpc) is 2.53. The maximum Gasteiger partial charge on any atom is 0.387 e. The molecule has 1 unspecified atom stereocenters. The molecule has 1 atom stereocenters. The zero-order chi connectivity index (χ0) is 17.7. The molecule has 1 aliphatic rings. The number of carbonyl (C=O) groups excluding carboxylic acids is 1. The second-order valence-electron chi connectivity index (χ2n) is 5.73. The zero-order valence-electron chi connectivity index (χ0n) is 13.5. The van der Waals surface area contributed by atoms with Gasteiger partial charge in [-0.05, 0) is 26.0 Å². The summed E-state index contributed by atoms with van der Waals surface area (Å²) in [5.74, 6) is 0.124. The lowest BCUT2D eigenvalue weighted by molar-refractivity contribution is -0.112. The maximum atomic E-state index is 12.4. The number of allylic oxidation sites excluding steroid dienone is 1. The molecule has 0 spiro atoms. The highest BCUT2D eigenvalue weighted by Crippen LogP contribution is 2.27. The molecule has 1 fully saturated rings. The normalized spacial score (nSPS) is 21.8. The van der Waals surface area contributed by atoms with Crippen molar-refractivity contribution in [3.63, 3.8) is 0 Å². The molecule has 0 aromatic heterocycles. The number of hydrogen-bond acceptors (Lipinski definition) is 5. The molecule has 130 valence electrons. The Labute approximate surface area is 139 Å². The molecule has 0 radical (unpaired) electrons. The van der Waals surface area contributed by atoms with E-state index in [2.05, 4.69) is 9.73 Å². The molecule has 2 rings (SSSR count). The van der Waals surface area contributed by atoms with Crippen LogP contribution in [-0.2, 0) is 9.53 Å². The van der Waals surface area contributed by atoms with E-state index in [-0.39, 0.29) is 30.0 Å². The van der Waals surface area contributed by atoms with Crippen LogP contribution in [0.3, 0.4) is 0 Å². The first-order chi connectivity index (χ1) is 11.4. The average molecular weight is 338 g/mol. The van der Waals surface area contributed by atoms with Crippen molar-refractivity contribution in [1.82, 2.24) is 0 Å². The lowest BCUT2D eigenvalue weighted by Gasteiger charge is -2.25. The van der Waals surface area contributed by atoms with Gasteiger partial charge in [-0.15, -0.1) is 0 Å². The zero-order valence-corrected chi connectivity index (χ0v) is 13.5. The third-order valence-corrected chi connectivity index (χ3v) is 3.38. The van der Waals surface area contributed by atoms with E-state index in [1.807, 2.05) is 13.8 Å². The Morgan fingerprint density at radius 1 is 1.46 bits per heavy atom. The second-order valence-corrected chi connectivity index (χ2v) is 5.73. The topological polar surface area (TPSA) is 73.9 Å². The van der Waals surface area contributed by atoms with Gasteiger partial charge in [-0.2, -0.15) is 8.78 Å². The Kier molecular flexibility index (Phi) is 5.89. The third kappa shape index (κ3) is 4.53. The number of nitrogens with zero attached hydrogens (tertiary/aromatic N) is 1. The number of alkyl halides is 2. The standard InChI is InChI=1S/C17H20F2N2O3/c1-10(2)21-14-6-11(8-22)9-23-16(14)15(20)12-4-3-5-13(7-12)24-17(18)19/h3-5,7-8,10-11,17H,6,9,20H2,1-2H3/b16-15+,21-14?. The van der Waals surface area contributed by atoms with Crippen LogP contribution < -0.4 is 10.5 Å². The van der Waals surface area contributed by atoms with Gasteiger partial charge in [0.05, 0.1) is 23.9 Å². The summed E-state index contributed by atoms with van der Waals surface area (Å²) in [5.41, 5.74) is 7.53. The van der Waals surface area contributed by atoms with Crippen molar-refractivity contribution < 1.29 is 23.0 Å². The van der Waals surface area contributed by atoms with Crippen molar-refractivity contribution in [1.29, 1.82) is 0 Å². The largest absolute Gasteiger partial charge is 0.489 e. The van der Waals surface area contributed by atoms with Gasteiger partial charge in [0.15, 0.2) is 5.76 Å². The number of carbonyl (C=O) groups is 1. The fourth-order valence-corrected chi connectivity index (χ4v) is 2.39. The predicted molar refractivity (Wildman–Crippen MR) is 86.9 cm³/mol. The van der Waals surface area contributed by atoms with E-state index in [0.29, 0.717) is 23.5 Å². The lowest BCUT2D eigenvalue weighted by atomic mass is 9.97. The van der Waals surface area contributed by atoms with Gasteiger partial charge in [0.1, 0.15) is 12.0 Å². The summed E-state index contributed by atoms with van der Waals surface area (Å²) in [6, 6.07) is 6.07. The number of rotatable bonds is 5. The summed E-state index contributed by atoms with van der Waals surface area (Å²) in [4.78, 5) is 15.5. The van der Waals surface area contributed by atoms with Gasteiger partial charge in [0.2, 0.25) is 0 Å². The van der Waals surface area contributed by atoms with Crippen molar-refractivity contribution in [3.05, 3.63) is 35.6 Å². The Morgan fingerprint density at radius 3 is 2.83 bits per heavy atom. The number of aldehydes is 1. The van der Waals surface area contributed by atoms with E-state index in [9.17, 15) is 13.6 Å². The van der Waals surface area contributed by atoms with E-state index >= 15 is 0 Å². The fraction of sp³-hybridized carbons (Fsp3) is 0.412. The fourth-order valence-electron chi connectivity index (χ4n) is 2.39. The van der Waals surface area contributed by atoms with E-state index in [1.165, 1.54) is 12.1 Å². The SMILES string of the molecule is CC(C)N=C1CC(C=O)CO/C1=C(/N)c1cccc(OC(F)F)c1. The predicted octanol–water partition coefficient (Wildman–Crippen LogP) is 3.00. The Balaban J connectivity index is 2.39. The van der Waals surface area contributed by atoms with Gasteiger partial charge in [0, 0.05) is 18.0 Å². The van der Waals surface area contributed by atoms with Crippen molar-refractivity contribution in [2.75, 3.05) is 6.61 Å². The van der Waals surface area contributed by atoms with Gasteiger partial charge in [-0.25, -0.2) is 0 Å². The van der Waals surface area contributed by atoms with Gasteiger partial charge < -0.3 is 20.0 Å². The van der Waals surface area contributed by atoms with Crippen LogP contribution >= 0.6 is 0 Å². The number of benzene rings is 1. The quantitative estimate of drug-likeness (QED) is 0.838. The van der Waals surface area contributed by atoms with Crippen molar-refractivity contribution in [2.24, 2.45) is 16.6 Å². The van der Waals surface area contributed by atoms with Crippen LogP contribution in [0.25, 0.3) is 5.70 Å². The van der Waals surface area contributed by atoms with E-state index in [0.717, 1.165) is 6.29 Å². The smallest absolute Gasteiger partial charge is 0.387 e. The van der Waals surface area contributed by atoms with Crippen molar-refractivity contribution in [2.45, 2.75) is 32.9 Å². The highest BCUT2D eigenvalue weighted by atomic mass is 19.3. The molecule has 1 aliphatic heterocycles. The molecule has 0 bridgehead atoms. The van der Waals surface area contributed by atoms with Crippen LogP contribution in [0.1, 0.15) is 25.8 Å². The summed E-state index contributed by atoms with van der Waals surface area (Å²) in [6.07, 6.45) is 1.27. The summed E-state index contributed by atoms with van der Waals surface area (Å²) < 4.78 is 34.7.